The van der Waals surface area contributed by atoms with E-state index in [1.54, 1.807) is 12.2 Å². The lowest BCUT2D eigenvalue weighted by Crippen LogP contribution is -2.32. The van der Waals surface area contributed by atoms with Crippen LogP contribution in [0.5, 0.6) is 0 Å². The summed E-state index contributed by atoms with van der Waals surface area (Å²) in [4.78, 5) is 21.9. The molecule has 2 amide bonds. The van der Waals surface area contributed by atoms with Crippen LogP contribution in [0.15, 0.2) is 48.2 Å². The highest BCUT2D eigenvalue weighted by Gasteiger charge is 2.21. The molecule has 1 atom stereocenters. The molecular weight excluding hydrogens is 326 g/mol. The van der Waals surface area contributed by atoms with Crippen LogP contribution in [0.4, 0.5) is 0 Å². The molecule has 0 aromatic heterocycles. The second kappa shape index (κ2) is 11.3. The lowest BCUT2D eigenvalue weighted by atomic mass is 9.95. The Kier molecular flexibility index (Phi) is 9.48. The van der Waals surface area contributed by atoms with Gasteiger partial charge in [-0.2, -0.15) is 0 Å². The summed E-state index contributed by atoms with van der Waals surface area (Å²) >= 11 is 0. The second-order valence-electron chi connectivity index (χ2n) is 6.79. The Bertz CT molecular complexity index is 584. The molecule has 2 rings (SSSR count). The minimum Gasteiger partial charge on any atom is -0.384 e. The largest absolute Gasteiger partial charge is 0.384 e. The van der Waals surface area contributed by atoms with Crippen LogP contribution in [0, 0.1) is 0 Å². The van der Waals surface area contributed by atoms with Crippen molar-refractivity contribution < 1.29 is 9.59 Å². The van der Waals surface area contributed by atoms with E-state index in [9.17, 15) is 9.59 Å². The van der Waals surface area contributed by atoms with E-state index in [4.69, 9.17) is 0 Å². The summed E-state index contributed by atoms with van der Waals surface area (Å²) in [7, 11) is 0. The number of carbonyl (C=O) groups excluding carboxylic acids is 2. The lowest BCUT2D eigenvalue weighted by Gasteiger charge is -2.24. The van der Waals surface area contributed by atoms with Gasteiger partial charge in [-0.15, -0.1) is 0 Å². The van der Waals surface area contributed by atoms with Gasteiger partial charge < -0.3 is 16.0 Å². The Hall–Kier alpha value is -2.30. The molecule has 1 aliphatic carbocycles. The maximum Gasteiger partial charge on any atom is 0.249 e. The second-order valence-corrected chi connectivity index (χ2v) is 6.79. The number of carbonyl (C=O) groups is 2. The average molecular weight is 360 g/mol. The predicted molar refractivity (Wildman–Crippen MR) is 107 cm³/mol. The highest BCUT2D eigenvalue weighted by molar-refractivity contribution is 5.96. The zero-order valence-corrected chi connectivity index (χ0v) is 16.4. The van der Waals surface area contributed by atoms with Crippen LogP contribution >= 0.6 is 0 Å². The van der Waals surface area contributed by atoms with Crippen LogP contribution in [0.2, 0.25) is 0 Å². The van der Waals surface area contributed by atoms with Crippen LogP contribution in [0.1, 0.15) is 52.9 Å². The van der Waals surface area contributed by atoms with Crippen molar-refractivity contribution in [1.82, 2.24) is 16.0 Å². The van der Waals surface area contributed by atoms with Gasteiger partial charge in [0.2, 0.25) is 11.8 Å². The molecule has 1 heterocycles. The van der Waals surface area contributed by atoms with Gasteiger partial charge >= 0.3 is 0 Å². The van der Waals surface area contributed by atoms with Crippen LogP contribution in [-0.2, 0) is 9.59 Å². The summed E-state index contributed by atoms with van der Waals surface area (Å²) < 4.78 is 0. The molecule has 3 N–H and O–H groups in total. The fourth-order valence-electron chi connectivity index (χ4n) is 3.14. The smallest absolute Gasteiger partial charge is 0.249 e. The number of hydrogen-bond donors (Lipinski definition) is 3. The van der Waals surface area contributed by atoms with Gasteiger partial charge in [-0.1, -0.05) is 50.6 Å². The minimum atomic E-state index is -0.0423. The number of nitrogens with one attached hydrogen (secondary N) is 3. The van der Waals surface area contributed by atoms with Gasteiger partial charge in [-0.05, 0) is 32.3 Å². The van der Waals surface area contributed by atoms with Crippen molar-refractivity contribution in [3.05, 3.63) is 48.2 Å². The molecule has 144 valence electrons. The van der Waals surface area contributed by atoms with Crippen molar-refractivity contribution in [2.24, 2.45) is 0 Å². The molecular formula is C21H33N3O2. The third kappa shape index (κ3) is 7.30. The van der Waals surface area contributed by atoms with Gasteiger partial charge in [0, 0.05) is 24.2 Å². The first-order valence-corrected chi connectivity index (χ1v) is 9.35. The van der Waals surface area contributed by atoms with Crippen molar-refractivity contribution in [1.29, 1.82) is 0 Å². The molecule has 0 aromatic carbocycles. The minimum absolute atomic E-state index is 0.00185. The first-order valence-electron chi connectivity index (χ1n) is 9.35. The molecule has 1 aliphatic heterocycles. The Morgan fingerprint density at radius 3 is 2.38 bits per heavy atom. The maximum absolute atomic E-state index is 11.2. The average Bonchev–Trinajstić information content (AvgIpc) is 2.92. The highest BCUT2D eigenvalue weighted by atomic mass is 16.2. The highest BCUT2D eigenvalue weighted by Crippen LogP contribution is 2.19. The van der Waals surface area contributed by atoms with Gasteiger partial charge in [0.05, 0.1) is 12.6 Å². The molecule has 5 heteroatoms. The van der Waals surface area contributed by atoms with E-state index in [0.29, 0.717) is 12.6 Å². The van der Waals surface area contributed by atoms with Crippen molar-refractivity contribution in [2.45, 2.75) is 65.0 Å². The molecule has 0 bridgehead atoms. The van der Waals surface area contributed by atoms with Crippen molar-refractivity contribution in [2.75, 3.05) is 6.54 Å². The summed E-state index contributed by atoms with van der Waals surface area (Å²) in [6.07, 6.45) is 11.7. The summed E-state index contributed by atoms with van der Waals surface area (Å²) in [5, 5.41) is 9.08. The number of amides is 2. The van der Waals surface area contributed by atoms with Gasteiger partial charge in [-0.3, -0.25) is 9.59 Å². The van der Waals surface area contributed by atoms with Crippen molar-refractivity contribution in [3.8, 4) is 0 Å². The number of rotatable bonds is 6. The van der Waals surface area contributed by atoms with Gasteiger partial charge in [-0.25, -0.2) is 0 Å². The quantitative estimate of drug-likeness (QED) is 0.638. The maximum atomic E-state index is 11.2. The van der Waals surface area contributed by atoms with Crippen LogP contribution in [0.25, 0.3) is 0 Å². The van der Waals surface area contributed by atoms with Crippen LogP contribution in [-0.4, -0.2) is 30.4 Å². The molecule has 0 radical (unpaired) electrons. The fraction of sp³-hybridized carbons (Fsp3) is 0.524. The zero-order valence-electron chi connectivity index (χ0n) is 16.4. The third-order valence-electron chi connectivity index (χ3n) is 4.67. The zero-order chi connectivity index (χ0) is 19.5. The molecule has 0 aromatic rings. The SMILES string of the molecule is C=C/C=C(\C=C)C(C)NC(C)=O.CC1=C(NC2CCCCC2)CNC1=O. The number of hydrogen-bond acceptors (Lipinski definition) is 3. The molecule has 1 saturated carbocycles. The molecule has 26 heavy (non-hydrogen) atoms. The predicted octanol–water partition coefficient (Wildman–Crippen LogP) is 3.12. The first-order chi connectivity index (χ1) is 12.4. The first kappa shape index (κ1) is 21.7. The lowest BCUT2D eigenvalue weighted by molar-refractivity contribution is -0.119. The number of allylic oxidation sites excluding steroid dienone is 2. The van der Waals surface area contributed by atoms with E-state index < -0.39 is 0 Å². The fourth-order valence-corrected chi connectivity index (χ4v) is 3.14. The molecule has 0 saturated heterocycles. The molecule has 2 aliphatic rings. The van der Waals surface area contributed by atoms with E-state index in [0.717, 1.165) is 16.8 Å². The normalized spacial score (nSPS) is 19.0. The molecule has 1 unspecified atom stereocenters. The topological polar surface area (TPSA) is 70.2 Å². The molecule has 5 nitrogen and oxygen atoms in total. The standard InChI is InChI=1S/C11H18N2O.C10H15NO/c1-8-10(7-12-11(8)14)13-9-5-3-2-4-6-9;1-5-7-10(6-2)8(3)11-9(4)12/h9,13H,2-7H2,1H3,(H,12,14);5-8H,1-2H2,3-4H3,(H,11,12)/b;10-7+. The van der Waals surface area contributed by atoms with E-state index in [2.05, 4.69) is 29.1 Å². The van der Waals surface area contributed by atoms with Crippen LogP contribution < -0.4 is 16.0 Å². The Morgan fingerprint density at radius 2 is 1.92 bits per heavy atom. The monoisotopic (exact) mass is 359 g/mol. The van der Waals surface area contributed by atoms with E-state index in [1.807, 2.05) is 19.9 Å². The Morgan fingerprint density at radius 1 is 1.27 bits per heavy atom. The summed E-state index contributed by atoms with van der Waals surface area (Å²) in [6.45, 7) is 13.2. The van der Waals surface area contributed by atoms with Gasteiger partial charge in [0.25, 0.3) is 0 Å². The third-order valence-corrected chi connectivity index (χ3v) is 4.67. The summed E-state index contributed by atoms with van der Waals surface area (Å²) in [6, 6.07) is 0.597. The summed E-state index contributed by atoms with van der Waals surface area (Å²) in [5.74, 6) is 0.0441. The van der Waals surface area contributed by atoms with Crippen molar-refractivity contribution >= 4 is 11.8 Å². The van der Waals surface area contributed by atoms with Crippen LogP contribution in [0.3, 0.4) is 0 Å². The van der Waals surface area contributed by atoms with Crippen molar-refractivity contribution in [3.63, 3.8) is 0 Å². The van der Waals surface area contributed by atoms with E-state index >= 15 is 0 Å². The van der Waals surface area contributed by atoms with E-state index in [1.165, 1.54) is 39.0 Å². The van der Waals surface area contributed by atoms with E-state index in [-0.39, 0.29) is 17.9 Å². The van der Waals surface area contributed by atoms with Gasteiger partial charge in [0.1, 0.15) is 0 Å². The summed E-state index contributed by atoms with van der Waals surface area (Å²) in [5.41, 5.74) is 2.94. The Labute approximate surface area is 157 Å². The molecule has 1 fully saturated rings. The Balaban J connectivity index is 0.000000265. The molecule has 0 spiro atoms. The van der Waals surface area contributed by atoms with Gasteiger partial charge in [0.15, 0.2) is 0 Å².